The molecule has 0 aromatic heterocycles. The maximum atomic E-state index is 3.78. The van der Waals surface area contributed by atoms with Gasteiger partial charge in [0.05, 0.1) is 0 Å². The summed E-state index contributed by atoms with van der Waals surface area (Å²) in [6.45, 7) is 3.78. The van der Waals surface area contributed by atoms with Gasteiger partial charge in [0.1, 0.15) is 0 Å². The van der Waals surface area contributed by atoms with E-state index in [2.05, 4.69) is 36.2 Å². The van der Waals surface area contributed by atoms with E-state index >= 15 is 0 Å². The third-order valence-electron chi connectivity index (χ3n) is 2.43. The maximum absolute atomic E-state index is 3.78. The van der Waals surface area contributed by atoms with Gasteiger partial charge in [-0.25, -0.2) is 0 Å². The average Bonchev–Trinajstić information content (AvgIpc) is 2.58. The van der Waals surface area contributed by atoms with Crippen molar-refractivity contribution in [2.75, 3.05) is 12.4 Å². The molecule has 0 fully saturated rings. The van der Waals surface area contributed by atoms with Gasteiger partial charge >= 0.3 is 0 Å². The lowest BCUT2D eigenvalue weighted by molar-refractivity contribution is 1.25. The van der Waals surface area contributed by atoms with Crippen molar-refractivity contribution in [2.24, 2.45) is 0 Å². The third kappa shape index (κ3) is 1.37. The summed E-state index contributed by atoms with van der Waals surface area (Å²) in [5.41, 5.74) is 5.20. The molecule has 0 unspecified atom stereocenters. The molecule has 0 heterocycles. The van der Waals surface area contributed by atoms with Crippen LogP contribution in [0.25, 0.3) is 6.08 Å². The molecule has 1 heteroatoms. The van der Waals surface area contributed by atoms with E-state index in [1.165, 1.54) is 22.4 Å². The molecule has 1 aliphatic carbocycles. The summed E-state index contributed by atoms with van der Waals surface area (Å²) in [6.07, 6.45) is 5.15. The Morgan fingerprint density at radius 3 is 3.00 bits per heavy atom. The lowest BCUT2D eigenvalue weighted by atomic mass is 10.1. The monoisotopic (exact) mass is 171 g/mol. The van der Waals surface area contributed by atoms with Gasteiger partial charge in [0, 0.05) is 12.7 Å². The largest absolute Gasteiger partial charge is 0.388 e. The highest BCUT2D eigenvalue weighted by Crippen LogP contribution is 2.27. The van der Waals surface area contributed by atoms with E-state index in [4.69, 9.17) is 0 Å². The number of hydrogen-bond acceptors (Lipinski definition) is 1. The summed E-state index contributed by atoms with van der Waals surface area (Å²) in [7, 11) is 1.94. The molecule has 0 aliphatic heterocycles. The van der Waals surface area contributed by atoms with Crippen LogP contribution in [0.4, 0.5) is 5.69 Å². The average molecular weight is 171 g/mol. The Morgan fingerprint density at radius 1 is 1.46 bits per heavy atom. The highest BCUT2D eigenvalue weighted by molar-refractivity contribution is 5.68. The molecule has 66 valence electrons. The van der Waals surface area contributed by atoms with E-state index < -0.39 is 0 Å². The molecular formula is C12H13N. The fourth-order valence-corrected chi connectivity index (χ4v) is 1.66. The summed E-state index contributed by atoms with van der Waals surface area (Å²) >= 11 is 0. The second-order valence-corrected chi connectivity index (χ2v) is 3.26. The van der Waals surface area contributed by atoms with Crippen molar-refractivity contribution in [3.8, 4) is 0 Å². The summed E-state index contributed by atoms with van der Waals surface area (Å²) in [5.74, 6) is 0. The lowest BCUT2D eigenvalue weighted by Gasteiger charge is -2.03. The minimum atomic E-state index is 1.02. The van der Waals surface area contributed by atoms with Gasteiger partial charge in [0.15, 0.2) is 0 Å². The summed E-state index contributed by atoms with van der Waals surface area (Å²) < 4.78 is 0. The van der Waals surface area contributed by atoms with Gasteiger partial charge in [-0.15, -0.1) is 0 Å². The molecule has 1 N–H and O–H groups in total. The molecule has 0 radical (unpaired) electrons. The number of rotatable bonds is 2. The van der Waals surface area contributed by atoms with Crippen LogP contribution in [0, 0.1) is 0 Å². The molecule has 1 aromatic rings. The fourth-order valence-electron chi connectivity index (χ4n) is 1.66. The molecule has 0 saturated carbocycles. The van der Waals surface area contributed by atoms with Crippen LogP contribution in [-0.4, -0.2) is 7.05 Å². The number of allylic oxidation sites excluding steroid dienone is 2. The number of benzene rings is 1. The van der Waals surface area contributed by atoms with Crippen molar-refractivity contribution in [3.63, 3.8) is 0 Å². The van der Waals surface area contributed by atoms with Gasteiger partial charge < -0.3 is 5.32 Å². The molecule has 1 aromatic carbocycles. The molecule has 0 amide bonds. The van der Waals surface area contributed by atoms with E-state index in [0.29, 0.717) is 0 Å². The zero-order valence-corrected chi connectivity index (χ0v) is 7.80. The quantitative estimate of drug-likeness (QED) is 0.721. The number of hydrogen-bond donors (Lipinski definition) is 1. The summed E-state index contributed by atoms with van der Waals surface area (Å²) in [4.78, 5) is 0. The van der Waals surface area contributed by atoms with Gasteiger partial charge in [0.25, 0.3) is 0 Å². The van der Waals surface area contributed by atoms with Crippen molar-refractivity contribution in [2.45, 2.75) is 6.42 Å². The molecular weight excluding hydrogens is 158 g/mol. The minimum absolute atomic E-state index is 1.02. The van der Waals surface area contributed by atoms with E-state index in [9.17, 15) is 0 Å². The Morgan fingerprint density at radius 2 is 2.31 bits per heavy atom. The molecule has 0 spiro atoms. The van der Waals surface area contributed by atoms with Crippen molar-refractivity contribution >= 4 is 11.8 Å². The van der Waals surface area contributed by atoms with Crippen molar-refractivity contribution < 1.29 is 0 Å². The van der Waals surface area contributed by atoms with Gasteiger partial charge in [-0.2, -0.15) is 0 Å². The topological polar surface area (TPSA) is 12.0 Å². The lowest BCUT2D eigenvalue weighted by Crippen LogP contribution is -1.90. The molecule has 1 nitrogen and oxygen atoms in total. The first-order valence-corrected chi connectivity index (χ1v) is 4.47. The number of anilines is 1. The third-order valence-corrected chi connectivity index (χ3v) is 2.43. The van der Waals surface area contributed by atoms with Crippen LogP contribution >= 0.6 is 0 Å². The molecule has 0 bridgehead atoms. The SMILES string of the molecule is C=CC1=Cc2ccc(NC)cc2C1. The first-order chi connectivity index (χ1) is 6.33. The van der Waals surface area contributed by atoms with E-state index in [0.717, 1.165) is 6.42 Å². The summed E-state index contributed by atoms with van der Waals surface area (Å²) in [5, 5.41) is 3.14. The Kier molecular flexibility index (Phi) is 1.93. The highest BCUT2D eigenvalue weighted by Gasteiger charge is 2.09. The molecule has 0 saturated heterocycles. The first kappa shape index (κ1) is 8.11. The number of nitrogens with one attached hydrogen (secondary N) is 1. The van der Waals surface area contributed by atoms with Crippen LogP contribution < -0.4 is 5.32 Å². The first-order valence-electron chi connectivity index (χ1n) is 4.47. The van der Waals surface area contributed by atoms with Crippen LogP contribution in [0.2, 0.25) is 0 Å². The van der Waals surface area contributed by atoms with E-state index in [1.54, 1.807) is 0 Å². The van der Waals surface area contributed by atoms with Gasteiger partial charge in [-0.3, -0.25) is 0 Å². The molecule has 1 aliphatic rings. The Bertz CT molecular complexity index is 375. The van der Waals surface area contributed by atoms with Crippen LogP contribution in [0.15, 0.2) is 36.4 Å². The second kappa shape index (κ2) is 3.09. The van der Waals surface area contributed by atoms with Crippen molar-refractivity contribution in [3.05, 3.63) is 47.6 Å². The molecule has 13 heavy (non-hydrogen) atoms. The van der Waals surface area contributed by atoms with Gasteiger partial charge in [-0.1, -0.05) is 24.8 Å². The highest BCUT2D eigenvalue weighted by atomic mass is 14.8. The summed E-state index contributed by atoms with van der Waals surface area (Å²) in [6, 6.07) is 6.45. The van der Waals surface area contributed by atoms with E-state index in [1.807, 2.05) is 13.1 Å². The predicted molar refractivity (Wildman–Crippen MR) is 57.9 cm³/mol. The second-order valence-electron chi connectivity index (χ2n) is 3.26. The minimum Gasteiger partial charge on any atom is -0.388 e. The Labute approximate surface area is 78.8 Å². The van der Waals surface area contributed by atoms with Gasteiger partial charge in [0.2, 0.25) is 0 Å². The Balaban J connectivity index is 2.38. The van der Waals surface area contributed by atoms with Crippen LogP contribution in [-0.2, 0) is 6.42 Å². The Hall–Kier alpha value is -1.50. The van der Waals surface area contributed by atoms with Crippen LogP contribution in [0.3, 0.4) is 0 Å². The van der Waals surface area contributed by atoms with Crippen molar-refractivity contribution in [1.29, 1.82) is 0 Å². The predicted octanol–water partition coefficient (Wildman–Crippen LogP) is 2.85. The number of fused-ring (bicyclic) bond motifs is 1. The normalized spacial score (nSPS) is 13.5. The molecule has 0 atom stereocenters. The van der Waals surface area contributed by atoms with Crippen LogP contribution in [0.5, 0.6) is 0 Å². The maximum Gasteiger partial charge on any atom is 0.0340 e. The van der Waals surface area contributed by atoms with Crippen molar-refractivity contribution in [1.82, 2.24) is 0 Å². The van der Waals surface area contributed by atoms with E-state index in [-0.39, 0.29) is 0 Å². The smallest absolute Gasteiger partial charge is 0.0340 e. The zero-order valence-electron chi connectivity index (χ0n) is 7.80. The zero-order chi connectivity index (χ0) is 9.26. The van der Waals surface area contributed by atoms with Gasteiger partial charge in [-0.05, 0) is 35.3 Å². The van der Waals surface area contributed by atoms with Crippen LogP contribution in [0.1, 0.15) is 11.1 Å². The molecule has 2 rings (SSSR count). The fraction of sp³-hybridized carbons (Fsp3) is 0.167. The standard InChI is InChI=1S/C12H13N/c1-3-9-6-10-4-5-12(13-2)8-11(10)7-9/h3-6,8,13H,1,7H2,2H3.